The van der Waals surface area contributed by atoms with Crippen molar-refractivity contribution in [3.8, 4) is 0 Å². The third-order valence-electron chi connectivity index (χ3n) is 3.59. The molecule has 2 heterocycles. The fraction of sp³-hybridized carbons (Fsp3) is 1.00. The minimum atomic E-state index is -0.170. The molecular formula is C14H28N2O4. The van der Waals surface area contributed by atoms with Gasteiger partial charge in [0.1, 0.15) is 0 Å². The Morgan fingerprint density at radius 1 is 0.950 bits per heavy atom. The van der Waals surface area contributed by atoms with Gasteiger partial charge < -0.3 is 14.2 Å². The Hall–Kier alpha value is -0.240. The summed E-state index contributed by atoms with van der Waals surface area (Å²) in [7, 11) is 0. The van der Waals surface area contributed by atoms with Gasteiger partial charge in [-0.3, -0.25) is 9.74 Å². The zero-order valence-corrected chi connectivity index (χ0v) is 12.6. The number of rotatable bonds is 8. The summed E-state index contributed by atoms with van der Waals surface area (Å²) >= 11 is 0. The topological polar surface area (TPSA) is 43.4 Å². The molecule has 0 aromatic heterocycles. The summed E-state index contributed by atoms with van der Waals surface area (Å²) in [4.78, 5) is 8.15. The molecule has 20 heavy (non-hydrogen) atoms. The molecule has 0 aromatic rings. The smallest absolute Gasteiger partial charge is 0.174 e. The molecule has 0 bridgehead atoms. The van der Waals surface area contributed by atoms with Crippen molar-refractivity contribution in [1.82, 2.24) is 9.96 Å². The lowest BCUT2D eigenvalue weighted by atomic mass is 10.3. The van der Waals surface area contributed by atoms with E-state index in [9.17, 15) is 0 Å². The Morgan fingerprint density at radius 2 is 1.60 bits per heavy atom. The molecule has 2 rings (SSSR count). The fourth-order valence-electron chi connectivity index (χ4n) is 2.40. The maximum atomic E-state index is 5.69. The van der Waals surface area contributed by atoms with Crippen LogP contribution in [0.4, 0.5) is 0 Å². The number of morpholine rings is 2. The zero-order valence-electron chi connectivity index (χ0n) is 12.6. The summed E-state index contributed by atoms with van der Waals surface area (Å²) in [6, 6.07) is 0. The SMILES string of the molecule is CC(OCCCCN1CCOCC1)ON1CCOCC1. The van der Waals surface area contributed by atoms with Crippen LogP contribution in [0.25, 0.3) is 0 Å². The van der Waals surface area contributed by atoms with Crippen molar-refractivity contribution >= 4 is 0 Å². The van der Waals surface area contributed by atoms with Gasteiger partial charge in [-0.1, -0.05) is 0 Å². The van der Waals surface area contributed by atoms with Gasteiger partial charge in [0.25, 0.3) is 0 Å². The van der Waals surface area contributed by atoms with E-state index < -0.39 is 0 Å². The number of ether oxygens (including phenoxy) is 3. The average Bonchev–Trinajstić information content (AvgIpc) is 2.49. The molecule has 0 aromatic carbocycles. The highest BCUT2D eigenvalue weighted by atomic mass is 16.8. The Labute approximate surface area is 121 Å². The second-order valence-corrected chi connectivity index (χ2v) is 5.25. The van der Waals surface area contributed by atoms with E-state index in [1.54, 1.807) is 0 Å². The van der Waals surface area contributed by atoms with Crippen LogP contribution in [0.2, 0.25) is 0 Å². The predicted molar refractivity (Wildman–Crippen MR) is 75.4 cm³/mol. The van der Waals surface area contributed by atoms with Gasteiger partial charge in [0.05, 0.1) is 26.4 Å². The van der Waals surface area contributed by atoms with Crippen LogP contribution < -0.4 is 0 Å². The van der Waals surface area contributed by atoms with E-state index in [1.165, 1.54) is 6.42 Å². The van der Waals surface area contributed by atoms with Crippen LogP contribution in [0.15, 0.2) is 0 Å². The molecule has 1 atom stereocenters. The first-order valence-electron chi connectivity index (χ1n) is 7.76. The molecule has 0 aliphatic carbocycles. The van der Waals surface area contributed by atoms with E-state index in [4.69, 9.17) is 19.0 Å². The summed E-state index contributed by atoms with van der Waals surface area (Å²) in [6.45, 7) is 10.9. The summed E-state index contributed by atoms with van der Waals surface area (Å²) in [5, 5.41) is 1.93. The van der Waals surface area contributed by atoms with Crippen molar-refractivity contribution in [3.05, 3.63) is 0 Å². The van der Waals surface area contributed by atoms with Crippen LogP contribution in [0.5, 0.6) is 0 Å². The minimum absolute atomic E-state index is 0.170. The van der Waals surface area contributed by atoms with E-state index >= 15 is 0 Å². The molecule has 118 valence electrons. The maximum absolute atomic E-state index is 5.69. The van der Waals surface area contributed by atoms with Gasteiger partial charge in [0.2, 0.25) is 0 Å². The van der Waals surface area contributed by atoms with Crippen molar-refractivity contribution < 1.29 is 19.0 Å². The van der Waals surface area contributed by atoms with E-state index in [0.29, 0.717) is 0 Å². The van der Waals surface area contributed by atoms with Gasteiger partial charge >= 0.3 is 0 Å². The Kier molecular flexibility index (Phi) is 7.79. The quantitative estimate of drug-likeness (QED) is 0.484. The van der Waals surface area contributed by atoms with Gasteiger partial charge in [-0.25, -0.2) is 0 Å². The van der Waals surface area contributed by atoms with Gasteiger partial charge in [-0.05, 0) is 26.3 Å². The minimum Gasteiger partial charge on any atom is -0.379 e. The van der Waals surface area contributed by atoms with E-state index in [1.807, 2.05) is 12.0 Å². The van der Waals surface area contributed by atoms with E-state index in [0.717, 1.165) is 72.2 Å². The summed E-state index contributed by atoms with van der Waals surface area (Å²) < 4.78 is 16.3. The monoisotopic (exact) mass is 288 g/mol. The molecule has 2 saturated heterocycles. The molecule has 2 aliphatic heterocycles. The summed E-state index contributed by atoms with van der Waals surface area (Å²) in [6.07, 6.45) is 2.08. The number of unbranched alkanes of at least 4 members (excludes halogenated alkanes) is 1. The highest BCUT2D eigenvalue weighted by Gasteiger charge is 2.14. The molecule has 2 aliphatic rings. The van der Waals surface area contributed by atoms with Gasteiger partial charge in [0, 0.05) is 32.8 Å². The van der Waals surface area contributed by atoms with Gasteiger partial charge in [-0.15, -0.1) is 0 Å². The van der Waals surface area contributed by atoms with Gasteiger partial charge in [-0.2, -0.15) is 5.06 Å². The lowest BCUT2D eigenvalue weighted by Gasteiger charge is -2.28. The first-order valence-corrected chi connectivity index (χ1v) is 7.76. The molecule has 0 N–H and O–H groups in total. The molecule has 6 heteroatoms. The highest BCUT2D eigenvalue weighted by molar-refractivity contribution is 4.61. The molecule has 6 nitrogen and oxygen atoms in total. The largest absolute Gasteiger partial charge is 0.379 e. The second-order valence-electron chi connectivity index (χ2n) is 5.25. The highest BCUT2D eigenvalue weighted by Crippen LogP contribution is 2.05. The van der Waals surface area contributed by atoms with Crippen molar-refractivity contribution in [2.45, 2.75) is 26.1 Å². The number of hydrogen-bond acceptors (Lipinski definition) is 6. The molecular weight excluding hydrogens is 260 g/mol. The lowest BCUT2D eigenvalue weighted by Crippen LogP contribution is -2.39. The predicted octanol–water partition coefficient (Wildman–Crippen LogP) is 0.725. The van der Waals surface area contributed by atoms with Gasteiger partial charge in [0.15, 0.2) is 6.29 Å². The van der Waals surface area contributed by atoms with Crippen LogP contribution in [0, 0.1) is 0 Å². The van der Waals surface area contributed by atoms with Crippen molar-refractivity contribution in [3.63, 3.8) is 0 Å². The molecule has 0 radical (unpaired) electrons. The lowest BCUT2D eigenvalue weighted by molar-refractivity contribution is -0.288. The van der Waals surface area contributed by atoms with Crippen LogP contribution in [0.1, 0.15) is 19.8 Å². The Bertz CT molecular complexity index is 243. The van der Waals surface area contributed by atoms with Crippen molar-refractivity contribution in [2.75, 3.05) is 65.8 Å². The third-order valence-corrected chi connectivity index (χ3v) is 3.59. The normalized spacial score (nSPS) is 23.9. The van der Waals surface area contributed by atoms with E-state index in [2.05, 4.69) is 4.90 Å². The van der Waals surface area contributed by atoms with Crippen LogP contribution >= 0.6 is 0 Å². The first kappa shape index (κ1) is 16.1. The molecule has 0 amide bonds. The number of hydroxylamine groups is 2. The standard InChI is InChI=1S/C14H28N2O4/c1-14(20-16-7-12-18-13-8-16)19-9-3-2-4-15-5-10-17-11-6-15/h14H,2-13H2,1H3. The number of nitrogens with zero attached hydrogens (tertiary/aromatic N) is 2. The zero-order chi connectivity index (χ0) is 14.0. The average molecular weight is 288 g/mol. The molecule has 2 fully saturated rings. The number of hydrogen-bond donors (Lipinski definition) is 0. The maximum Gasteiger partial charge on any atom is 0.174 e. The first-order chi connectivity index (χ1) is 9.84. The molecule has 0 spiro atoms. The second kappa shape index (κ2) is 9.65. The van der Waals surface area contributed by atoms with Crippen molar-refractivity contribution in [1.29, 1.82) is 0 Å². The van der Waals surface area contributed by atoms with Crippen molar-refractivity contribution in [2.24, 2.45) is 0 Å². The van der Waals surface area contributed by atoms with Crippen LogP contribution in [0.3, 0.4) is 0 Å². The van der Waals surface area contributed by atoms with Crippen LogP contribution in [-0.4, -0.2) is 82.0 Å². The fourth-order valence-corrected chi connectivity index (χ4v) is 2.40. The summed E-state index contributed by atoms with van der Waals surface area (Å²) in [5.74, 6) is 0. The third kappa shape index (κ3) is 6.47. The summed E-state index contributed by atoms with van der Waals surface area (Å²) in [5.41, 5.74) is 0. The van der Waals surface area contributed by atoms with E-state index in [-0.39, 0.29) is 6.29 Å². The Balaban J connectivity index is 1.43. The van der Waals surface area contributed by atoms with Crippen LogP contribution in [-0.2, 0) is 19.0 Å². The molecule has 0 saturated carbocycles. The Morgan fingerprint density at radius 3 is 2.30 bits per heavy atom. The molecule has 1 unspecified atom stereocenters.